The van der Waals surface area contributed by atoms with E-state index >= 15 is 0 Å². The number of rotatable bonds is 3. The zero-order valence-electron chi connectivity index (χ0n) is 11.1. The number of nitrogens with one attached hydrogen (secondary N) is 1. The summed E-state index contributed by atoms with van der Waals surface area (Å²) < 4.78 is 2.18. The number of nitrogens with zero attached hydrogens (tertiary/aromatic N) is 2. The van der Waals surface area contributed by atoms with Gasteiger partial charge in [-0.1, -0.05) is 17.7 Å². The van der Waals surface area contributed by atoms with E-state index in [1.165, 1.54) is 24.2 Å². The molecule has 100 valence electrons. The van der Waals surface area contributed by atoms with Gasteiger partial charge in [-0.25, -0.2) is 4.98 Å². The van der Waals surface area contributed by atoms with Crippen molar-refractivity contribution in [3.63, 3.8) is 0 Å². The van der Waals surface area contributed by atoms with Crippen LogP contribution in [0.5, 0.6) is 0 Å². The van der Waals surface area contributed by atoms with Crippen LogP contribution in [-0.4, -0.2) is 16.6 Å². The summed E-state index contributed by atoms with van der Waals surface area (Å²) in [5, 5.41) is 3.94. The fourth-order valence-corrected chi connectivity index (χ4v) is 2.95. The maximum atomic E-state index is 6.33. The number of aromatic nitrogens is 2. The molecular weight excluding hydrogens is 258 g/mol. The minimum atomic E-state index is 0.793. The summed E-state index contributed by atoms with van der Waals surface area (Å²) in [4.78, 5) is 4.53. The lowest BCUT2D eigenvalue weighted by Gasteiger charge is -2.15. The van der Waals surface area contributed by atoms with E-state index in [1.54, 1.807) is 0 Å². The minimum Gasteiger partial charge on any atom is -0.316 e. The van der Waals surface area contributed by atoms with Crippen LogP contribution in [0.3, 0.4) is 0 Å². The normalized spacial score (nSPS) is 14.4. The summed E-state index contributed by atoms with van der Waals surface area (Å²) >= 11 is 6.33. The van der Waals surface area contributed by atoms with Crippen molar-refractivity contribution >= 4 is 11.6 Å². The predicted octanol–water partition coefficient (Wildman–Crippen LogP) is 3.12. The summed E-state index contributed by atoms with van der Waals surface area (Å²) in [6, 6.07) is 6.24. The molecule has 3 rings (SSSR count). The Morgan fingerprint density at radius 1 is 1.32 bits per heavy atom. The van der Waals surface area contributed by atoms with Crippen LogP contribution < -0.4 is 5.32 Å². The molecule has 0 bridgehead atoms. The van der Waals surface area contributed by atoms with Crippen LogP contribution in [0, 0.1) is 0 Å². The molecule has 1 aliphatic carbocycles. The Balaban J connectivity index is 1.98. The zero-order chi connectivity index (χ0) is 13.2. The predicted molar refractivity (Wildman–Crippen MR) is 78.0 cm³/mol. The van der Waals surface area contributed by atoms with Crippen LogP contribution in [0.2, 0.25) is 5.02 Å². The maximum Gasteiger partial charge on any atom is 0.0997 e. The first-order valence-electron chi connectivity index (χ1n) is 6.78. The highest BCUT2D eigenvalue weighted by Gasteiger charge is 2.16. The van der Waals surface area contributed by atoms with Gasteiger partial charge in [-0.15, -0.1) is 0 Å². The number of aryl methyl sites for hydroxylation is 1. The first-order chi connectivity index (χ1) is 9.29. The second-order valence-corrected chi connectivity index (χ2v) is 5.43. The largest absolute Gasteiger partial charge is 0.316 e. The van der Waals surface area contributed by atoms with Crippen molar-refractivity contribution in [2.24, 2.45) is 0 Å². The molecule has 0 aliphatic heterocycles. The maximum absolute atomic E-state index is 6.33. The SMILES string of the molecule is CNCc1ccc(-n2cnc3c2CCCC3)cc1Cl. The number of benzene rings is 1. The van der Waals surface area contributed by atoms with Gasteiger partial charge in [0.1, 0.15) is 0 Å². The zero-order valence-corrected chi connectivity index (χ0v) is 11.9. The number of halogens is 1. The van der Waals surface area contributed by atoms with Gasteiger partial charge in [0.2, 0.25) is 0 Å². The topological polar surface area (TPSA) is 29.9 Å². The average molecular weight is 276 g/mol. The van der Waals surface area contributed by atoms with Gasteiger partial charge in [0.05, 0.1) is 12.0 Å². The van der Waals surface area contributed by atoms with Crippen molar-refractivity contribution in [3.05, 3.63) is 46.5 Å². The number of hydrogen-bond donors (Lipinski definition) is 1. The van der Waals surface area contributed by atoms with Crippen molar-refractivity contribution in [2.75, 3.05) is 7.05 Å². The van der Waals surface area contributed by atoms with Crippen molar-refractivity contribution in [3.8, 4) is 5.69 Å². The van der Waals surface area contributed by atoms with Crippen molar-refractivity contribution in [2.45, 2.75) is 32.2 Å². The first kappa shape index (κ1) is 12.7. The van der Waals surface area contributed by atoms with Crippen molar-refractivity contribution in [1.29, 1.82) is 0 Å². The molecular formula is C15H18ClN3. The molecule has 0 saturated heterocycles. The number of fused-ring (bicyclic) bond motifs is 1. The average Bonchev–Trinajstić information content (AvgIpc) is 2.85. The van der Waals surface area contributed by atoms with Gasteiger partial charge in [0.25, 0.3) is 0 Å². The third kappa shape index (κ3) is 2.40. The molecule has 1 aromatic heterocycles. The monoisotopic (exact) mass is 275 g/mol. The summed E-state index contributed by atoms with van der Waals surface area (Å²) in [5.74, 6) is 0. The summed E-state index contributed by atoms with van der Waals surface area (Å²) in [7, 11) is 1.93. The lowest BCUT2D eigenvalue weighted by Crippen LogP contribution is -2.08. The quantitative estimate of drug-likeness (QED) is 0.933. The standard InChI is InChI=1S/C15H18ClN3/c1-17-9-11-6-7-12(8-13(11)16)19-10-18-14-4-2-3-5-15(14)19/h6-8,10,17H,2-5,9H2,1H3. The van der Waals surface area contributed by atoms with E-state index in [4.69, 9.17) is 11.6 Å². The van der Waals surface area contributed by atoms with Crippen LogP contribution in [0.15, 0.2) is 24.5 Å². The van der Waals surface area contributed by atoms with Gasteiger partial charge in [-0.05, 0) is 50.4 Å². The van der Waals surface area contributed by atoms with Crippen LogP contribution >= 0.6 is 11.6 Å². The molecule has 0 atom stereocenters. The van der Waals surface area contributed by atoms with Crippen molar-refractivity contribution < 1.29 is 0 Å². The lowest BCUT2D eigenvalue weighted by molar-refractivity contribution is 0.656. The molecule has 4 heteroatoms. The summed E-state index contributed by atoms with van der Waals surface area (Å²) in [6.07, 6.45) is 6.66. The number of hydrogen-bond acceptors (Lipinski definition) is 2. The molecule has 0 saturated carbocycles. The van der Waals surface area contributed by atoms with Crippen LogP contribution in [0.4, 0.5) is 0 Å². The molecule has 2 aromatic rings. The molecule has 0 amide bonds. The van der Waals surface area contributed by atoms with E-state index in [-0.39, 0.29) is 0 Å². The molecule has 1 aromatic carbocycles. The first-order valence-corrected chi connectivity index (χ1v) is 7.16. The second kappa shape index (κ2) is 5.35. The smallest absolute Gasteiger partial charge is 0.0997 e. The van der Waals surface area contributed by atoms with E-state index < -0.39 is 0 Å². The van der Waals surface area contributed by atoms with E-state index in [2.05, 4.69) is 27.0 Å². The molecule has 0 spiro atoms. The molecule has 0 unspecified atom stereocenters. The summed E-state index contributed by atoms with van der Waals surface area (Å²) in [6.45, 7) is 0.793. The van der Waals surface area contributed by atoms with Gasteiger partial charge in [-0.2, -0.15) is 0 Å². The molecule has 1 aliphatic rings. The lowest BCUT2D eigenvalue weighted by atomic mass is 10.0. The second-order valence-electron chi connectivity index (χ2n) is 5.02. The minimum absolute atomic E-state index is 0.793. The van der Waals surface area contributed by atoms with Gasteiger partial charge < -0.3 is 9.88 Å². The van der Waals surface area contributed by atoms with Crippen LogP contribution in [-0.2, 0) is 19.4 Å². The fourth-order valence-electron chi connectivity index (χ4n) is 2.71. The molecule has 1 N–H and O–H groups in total. The molecule has 0 fully saturated rings. The van der Waals surface area contributed by atoms with E-state index in [0.29, 0.717) is 0 Å². The Morgan fingerprint density at radius 3 is 2.95 bits per heavy atom. The van der Waals surface area contributed by atoms with E-state index in [1.807, 2.05) is 19.4 Å². The highest BCUT2D eigenvalue weighted by Crippen LogP contribution is 2.26. The molecule has 19 heavy (non-hydrogen) atoms. The highest BCUT2D eigenvalue weighted by atomic mass is 35.5. The van der Waals surface area contributed by atoms with E-state index in [9.17, 15) is 0 Å². The Labute approximate surface area is 118 Å². The Hall–Kier alpha value is -1.32. The Bertz CT molecular complexity index is 589. The third-order valence-corrected chi connectivity index (χ3v) is 4.06. The molecule has 0 radical (unpaired) electrons. The van der Waals surface area contributed by atoms with Gasteiger partial charge in [-0.3, -0.25) is 0 Å². The van der Waals surface area contributed by atoms with Gasteiger partial charge in [0.15, 0.2) is 0 Å². The molecule has 3 nitrogen and oxygen atoms in total. The Morgan fingerprint density at radius 2 is 2.16 bits per heavy atom. The Kier molecular flexibility index (Phi) is 3.58. The van der Waals surface area contributed by atoms with E-state index in [0.717, 1.165) is 35.7 Å². The van der Waals surface area contributed by atoms with Crippen LogP contribution in [0.25, 0.3) is 5.69 Å². The highest BCUT2D eigenvalue weighted by molar-refractivity contribution is 6.31. The third-order valence-electron chi connectivity index (χ3n) is 3.71. The van der Waals surface area contributed by atoms with Crippen LogP contribution in [0.1, 0.15) is 29.8 Å². The molecule has 1 heterocycles. The summed E-state index contributed by atoms with van der Waals surface area (Å²) in [5.41, 5.74) is 4.84. The number of imidazole rings is 1. The van der Waals surface area contributed by atoms with Gasteiger partial charge in [0, 0.05) is 22.9 Å². The van der Waals surface area contributed by atoms with Gasteiger partial charge >= 0.3 is 0 Å². The van der Waals surface area contributed by atoms with Crippen molar-refractivity contribution in [1.82, 2.24) is 14.9 Å². The fraction of sp³-hybridized carbons (Fsp3) is 0.400.